The van der Waals surface area contributed by atoms with Crippen LogP contribution in [0.25, 0.3) is 0 Å². The second kappa shape index (κ2) is 5.41. The Morgan fingerprint density at radius 1 is 1.33 bits per heavy atom. The van der Waals surface area contributed by atoms with E-state index in [-0.39, 0.29) is 23.5 Å². The summed E-state index contributed by atoms with van der Waals surface area (Å²) >= 11 is 4.40. The second-order valence-electron chi connectivity index (χ2n) is 3.52. The lowest BCUT2D eigenvalue weighted by atomic mass is 10.1. The first-order valence-electron chi connectivity index (χ1n) is 5.02. The summed E-state index contributed by atoms with van der Waals surface area (Å²) in [5, 5.41) is 11.6. The van der Waals surface area contributed by atoms with Crippen molar-refractivity contribution in [1.82, 2.24) is 4.98 Å². The number of carbonyl (C=O) groups is 2. The van der Waals surface area contributed by atoms with E-state index in [0.29, 0.717) is 9.48 Å². The van der Waals surface area contributed by atoms with Gasteiger partial charge in [0, 0.05) is 16.0 Å². The first kappa shape index (κ1) is 12.9. The number of phenolic OH excluding ortho intramolecular Hbond substituents is 1. The maximum Gasteiger partial charge on any atom is 0.199 e. The normalized spacial score (nSPS) is 10.3. The predicted molar refractivity (Wildman–Crippen MR) is 71.2 cm³/mol. The van der Waals surface area contributed by atoms with Gasteiger partial charge in [0.1, 0.15) is 5.75 Å². The zero-order valence-electron chi connectivity index (χ0n) is 9.09. The van der Waals surface area contributed by atoms with E-state index in [2.05, 4.69) is 20.9 Å². The highest BCUT2D eigenvalue weighted by atomic mass is 79.9. The number of carbonyl (C=O) groups excluding carboxylic acids is 2. The van der Waals surface area contributed by atoms with E-state index >= 15 is 0 Å². The summed E-state index contributed by atoms with van der Waals surface area (Å²) in [7, 11) is 0. The molecule has 0 saturated carbocycles. The minimum absolute atomic E-state index is 0.130. The van der Waals surface area contributed by atoms with Crippen molar-refractivity contribution in [1.29, 1.82) is 0 Å². The smallest absolute Gasteiger partial charge is 0.199 e. The van der Waals surface area contributed by atoms with Crippen molar-refractivity contribution in [2.24, 2.45) is 0 Å². The number of nitrogens with zero attached hydrogens (tertiary/aromatic N) is 1. The molecule has 0 atom stereocenters. The Morgan fingerprint density at radius 3 is 2.78 bits per heavy atom. The molecule has 0 unspecified atom stereocenters. The average Bonchev–Trinajstić information content (AvgIpc) is 2.85. The van der Waals surface area contributed by atoms with Gasteiger partial charge in [-0.15, -0.1) is 11.3 Å². The lowest BCUT2D eigenvalue weighted by Crippen LogP contribution is -2.08. The summed E-state index contributed by atoms with van der Waals surface area (Å²) in [5.74, 6) is -0.890. The highest BCUT2D eigenvalue weighted by Gasteiger charge is 2.18. The number of hydrogen-bond donors (Lipinski definition) is 1. The maximum atomic E-state index is 11.9. The molecular formula is C12H8BrNO3S. The van der Waals surface area contributed by atoms with E-state index in [1.807, 2.05) is 0 Å². The van der Waals surface area contributed by atoms with E-state index in [9.17, 15) is 14.7 Å². The minimum Gasteiger partial charge on any atom is -0.507 e. The zero-order valence-corrected chi connectivity index (χ0v) is 11.5. The quantitative estimate of drug-likeness (QED) is 0.693. The number of rotatable bonds is 4. The molecule has 2 aromatic rings. The highest BCUT2D eigenvalue weighted by Crippen LogP contribution is 2.23. The number of hydrogen-bond acceptors (Lipinski definition) is 5. The largest absolute Gasteiger partial charge is 0.507 e. The van der Waals surface area contributed by atoms with Crippen LogP contribution < -0.4 is 0 Å². The summed E-state index contributed by atoms with van der Waals surface area (Å²) in [6.07, 6.45) is 1.22. The molecule has 1 aromatic heterocycles. The molecule has 0 fully saturated rings. The molecule has 1 heterocycles. The molecule has 0 aliphatic heterocycles. The molecule has 0 radical (unpaired) electrons. The van der Waals surface area contributed by atoms with Crippen molar-refractivity contribution in [2.45, 2.75) is 6.42 Å². The van der Waals surface area contributed by atoms with Crippen LogP contribution in [0.5, 0.6) is 5.75 Å². The van der Waals surface area contributed by atoms with Crippen LogP contribution in [0.4, 0.5) is 0 Å². The van der Waals surface area contributed by atoms with E-state index in [0.717, 1.165) is 0 Å². The van der Waals surface area contributed by atoms with Gasteiger partial charge in [0.2, 0.25) is 0 Å². The molecule has 4 nitrogen and oxygen atoms in total. The summed E-state index contributed by atoms with van der Waals surface area (Å²) < 4.78 is 0.672. The fourth-order valence-corrected chi connectivity index (χ4v) is 2.35. The Bertz CT molecular complexity index is 595. The summed E-state index contributed by atoms with van der Waals surface area (Å²) in [5.41, 5.74) is 0.134. The fraction of sp³-hybridized carbons (Fsp3) is 0.0833. The highest BCUT2D eigenvalue weighted by molar-refractivity contribution is 9.10. The van der Waals surface area contributed by atoms with Crippen LogP contribution in [-0.4, -0.2) is 21.7 Å². The number of ketones is 2. The van der Waals surface area contributed by atoms with Crippen LogP contribution in [0.3, 0.4) is 0 Å². The topological polar surface area (TPSA) is 67.3 Å². The molecule has 92 valence electrons. The van der Waals surface area contributed by atoms with Gasteiger partial charge in [0.25, 0.3) is 0 Å². The molecule has 0 saturated heterocycles. The lowest BCUT2D eigenvalue weighted by Gasteiger charge is -2.03. The number of halogens is 1. The Kier molecular flexibility index (Phi) is 3.88. The van der Waals surface area contributed by atoms with Gasteiger partial charge in [-0.2, -0.15) is 0 Å². The molecule has 0 spiro atoms. The van der Waals surface area contributed by atoms with E-state index in [4.69, 9.17) is 0 Å². The molecule has 0 aliphatic carbocycles. The van der Waals surface area contributed by atoms with E-state index in [1.54, 1.807) is 11.4 Å². The van der Waals surface area contributed by atoms with Crippen molar-refractivity contribution < 1.29 is 14.7 Å². The second-order valence-corrected chi connectivity index (χ2v) is 5.33. The van der Waals surface area contributed by atoms with Crippen molar-refractivity contribution in [2.75, 3.05) is 0 Å². The number of phenols is 1. The van der Waals surface area contributed by atoms with Gasteiger partial charge in [-0.25, -0.2) is 4.98 Å². The predicted octanol–water partition coefficient (Wildman–Crippen LogP) is 3.07. The maximum absolute atomic E-state index is 11.9. The monoisotopic (exact) mass is 325 g/mol. The van der Waals surface area contributed by atoms with Crippen LogP contribution in [0.1, 0.15) is 26.6 Å². The standard InChI is InChI=1S/C12H8BrNO3S/c13-7-1-2-9(15)8(5-7)10(16)6-11(17)12-14-3-4-18-12/h1-5,15H,6H2. The van der Waals surface area contributed by atoms with Crippen LogP contribution in [0, 0.1) is 0 Å². The summed E-state index contributed by atoms with van der Waals surface area (Å²) in [6, 6.07) is 4.52. The molecule has 1 aromatic carbocycles. The Hall–Kier alpha value is -1.53. The molecular weight excluding hydrogens is 318 g/mol. The third-order valence-electron chi connectivity index (χ3n) is 2.25. The van der Waals surface area contributed by atoms with Crippen LogP contribution in [-0.2, 0) is 0 Å². The van der Waals surface area contributed by atoms with Crippen molar-refractivity contribution >= 4 is 38.8 Å². The van der Waals surface area contributed by atoms with E-state index < -0.39 is 5.78 Å². The minimum atomic E-state index is -0.422. The molecule has 18 heavy (non-hydrogen) atoms. The summed E-state index contributed by atoms with van der Waals surface area (Å²) in [4.78, 5) is 27.5. The van der Waals surface area contributed by atoms with Gasteiger partial charge in [0.05, 0.1) is 12.0 Å². The molecule has 1 N–H and O–H groups in total. The SMILES string of the molecule is O=C(CC(=O)c1cc(Br)ccc1O)c1nccs1. The van der Waals surface area contributed by atoms with Crippen molar-refractivity contribution in [3.63, 3.8) is 0 Å². The number of thiazole rings is 1. The molecule has 0 bridgehead atoms. The summed E-state index contributed by atoms with van der Waals surface area (Å²) in [6.45, 7) is 0. The average molecular weight is 326 g/mol. The van der Waals surface area contributed by atoms with Gasteiger partial charge >= 0.3 is 0 Å². The van der Waals surface area contributed by atoms with E-state index in [1.165, 1.54) is 29.7 Å². The first-order chi connectivity index (χ1) is 8.58. The van der Waals surface area contributed by atoms with Crippen LogP contribution in [0.2, 0.25) is 0 Å². The molecule has 0 amide bonds. The van der Waals surface area contributed by atoms with Gasteiger partial charge in [0.15, 0.2) is 16.6 Å². The van der Waals surface area contributed by atoms with Crippen LogP contribution in [0.15, 0.2) is 34.2 Å². The zero-order chi connectivity index (χ0) is 13.1. The van der Waals surface area contributed by atoms with Gasteiger partial charge in [-0.1, -0.05) is 15.9 Å². The molecule has 0 aliphatic rings. The lowest BCUT2D eigenvalue weighted by molar-refractivity contribution is 0.0893. The van der Waals surface area contributed by atoms with Crippen LogP contribution >= 0.6 is 27.3 Å². The molecule has 2 rings (SSSR count). The number of aromatic hydroxyl groups is 1. The Labute approximate surface area is 115 Å². The Morgan fingerprint density at radius 2 is 2.11 bits per heavy atom. The third-order valence-corrected chi connectivity index (χ3v) is 3.56. The van der Waals surface area contributed by atoms with Crippen molar-refractivity contribution in [3.8, 4) is 5.75 Å². The van der Waals surface area contributed by atoms with Gasteiger partial charge in [-0.05, 0) is 18.2 Å². The van der Waals surface area contributed by atoms with Crippen molar-refractivity contribution in [3.05, 3.63) is 44.8 Å². The van der Waals surface area contributed by atoms with Gasteiger partial charge < -0.3 is 5.11 Å². The number of benzene rings is 1. The van der Waals surface area contributed by atoms with Gasteiger partial charge in [-0.3, -0.25) is 9.59 Å². The first-order valence-corrected chi connectivity index (χ1v) is 6.69. The third kappa shape index (κ3) is 2.83. The molecule has 6 heteroatoms. The number of aromatic nitrogens is 1. The fourth-order valence-electron chi connectivity index (χ4n) is 1.41. The number of Topliss-reactive ketones (excluding diaryl/α,β-unsaturated/α-hetero) is 2. The Balaban J connectivity index is 2.17.